The van der Waals surface area contributed by atoms with Crippen LogP contribution in [0.4, 0.5) is 5.69 Å². The van der Waals surface area contributed by atoms with Gasteiger partial charge in [-0.15, -0.1) is 11.3 Å². The first kappa shape index (κ1) is 11.9. The predicted octanol–water partition coefficient (Wildman–Crippen LogP) is 3.03. The Labute approximate surface area is 105 Å². The number of thiazole rings is 1. The molecule has 2 rings (SSSR count). The summed E-state index contributed by atoms with van der Waals surface area (Å²) in [5.74, 6) is 0.613. The van der Waals surface area contributed by atoms with Gasteiger partial charge in [-0.05, 0) is 26.0 Å². The molecule has 0 amide bonds. The molecular formula is C12H15N3OS. The first-order chi connectivity index (χ1) is 8.22. The van der Waals surface area contributed by atoms with Crippen LogP contribution in [0, 0.1) is 6.92 Å². The molecule has 1 N–H and O–H groups in total. The van der Waals surface area contributed by atoms with Crippen molar-refractivity contribution in [1.82, 2.24) is 9.97 Å². The predicted molar refractivity (Wildman–Crippen MR) is 69.7 cm³/mol. The van der Waals surface area contributed by atoms with Crippen molar-refractivity contribution < 1.29 is 4.74 Å². The third-order valence-corrected chi connectivity index (χ3v) is 3.63. The Hall–Kier alpha value is -1.62. The second-order valence-electron chi connectivity index (χ2n) is 3.73. The minimum Gasteiger partial charge on any atom is -0.480 e. The lowest BCUT2D eigenvalue weighted by Gasteiger charge is -2.15. The van der Waals surface area contributed by atoms with Gasteiger partial charge in [-0.25, -0.2) is 9.97 Å². The molecular weight excluding hydrogens is 234 g/mol. The van der Waals surface area contributed by atoms with Crippen LogP contribution in [0.25, 0.3) is 0 Å². The van der Waals surface area contributed by atoms with E-state index >= 15 is 0 Å². The molecule has 2 aromatic heterocycles. The molecule has 2 heterocycles. The van der Waals surface area contributed by atoms with Crippen LogP contribution < -0.4 is 10.1 Å². The topological polar surface area (TPSA) is 47.0 Å². The molecule has 0 bridgehead atoms. The van der Waals surface area contributed by atoms with Crippen LogP contribution >= 0.6 is 11.3 Å². The fourth-order valence-corrected chi connectivity index (χ4v) is 2.50. The lowest BCUT2D eigenvalue weighted by atomic mass is 10.2. The van der Waals surface area contributed by atoms with Crippen molar-refractivity contribution in [1.29, 1.82) is 0 Å². The highest BCUT2D eigenvalue weighted by Crippen LogP contribution is 2.28. The molecule has 0 aliphatic carbocycles. The number of nitrogens with zero attached hydrogens (tertiary/aromatic N) is 2. The number of hydrogen-bond donors (Lipinski definition) is 1. The van der Waals surface area contributed by atoms with Crippen LogP contribution in [0.5, 0.6) is 5.88 Å². The monoisotopic (exact) mass is 249 g/mol. The maximum absolute atomic E-state index is 5.21. The Balaban J connectivity index is 2.18. The average Bonchev–Trinajstić information content (AvgIpc) is 2.76. The molecule has 0 aliphatic rings. The number of rotatable bonds is 4. The fourth-order valence-electron chi connectivity index (χ4n) is 1.69. The zero-order valence-corrected chi connectivity index (χ0v) is 10.9. The van der Waals surface area contributed by atoms with Gasteiger partial charge in [0, 0.05) is 11.1 Å². The summed E-state index contributed by atoms with van der Waals surface area (Å²) in [6.45, 7) is 4.12. The Kier molecular flexibility index (Phi) is 3.58. The number of pyridine rings is 1. The molecule has 2 aromatic rings. The quantitative estimate of drug-likeness (QED) is 0.904. The molecule has 1 atom stereocenters. The molecule has 0 fully saturated rings. The number of ether oxygens (including phenoxy) is 1. The SMILES string of the molecule is COc1ncccc1NC(C)c1scnc1C. The summed E-state index contributed by atoms with van der Waals surface area (Å²) in [7, 11) is 1.62. The zero-order valence-electron chi connectivity index (χ0n) is 10.1. The first-order valence-electron chi connectivity index (χ1n) is 5.38. The van der Waals surface area contributed by atoms with Crippen molar-refractivity contribution in [3.05, 3.63) is 34.4 Å². The number of hydrogen-bond acceptors (Lipinski definition) is 5. The van der Waals surface area contributed by atoms with E-state index in [1.54, 1.807) is 24.6 Å². The van der Waals surface area contributed by atoms with Crippen LogP contribution in [0.15, 0.2) is 23.8 Å². The summed E-state index contributed by atoms with van der Waals surface area (Å²) in [6.07, 6.45) is 1.71. The lowest BCUT2D eigenvalue weighted by Crippen LogP contribution is -2.07. The summed E-state index contributed by atoms with van der Waals surface area (Å²) in [4.78, 5) is 9.64. The highest BCUT2D eigenvalue weighted by atomic mass is 32.1. The third-order valence-electron chi connectivity index (χ3n) is 2.51. The number of nitrogens with one attached hydrogen (secondary N) is 1. The number of aryl methyl sites for hydroxylation is 1. The number of aromatic nitrogens is 2. The van der Waals surface area contributed by atoms with Crippen molar-refractivity contribution in [3.8, 4) is 5.88 Å². The third kappa shape index (κ3) is 2.55. The highest BCUT2D eigenvalue weighted by molar-refractivity contribution is 7.09. The van der Waals surface area contributed by atoms with E-state index < -0.39 is 0 Å². The van der Waals surface area contributed by atoms with Gasteiger partial charge in [0.2, 0.25) is 5.88 Å². The van der Waals surface area contributed by atoms with E-state index in [0.717, 1.165) is 11.4 Å². The molecule has 0 saturated carbocycles. The van der Waals surface area contributed by atoms with Gasteiger partial charge in [-0.3, -0.25) is 0 Å². The van der Waals surface area contributed by atoms with E-state index in [9.17, 15) is 0 Å². The lowest BCUT2D eigenvalue weighted by molar-refractivity contribution is 0.399. The molecule has 4 nitrogen and oxygen atoms in total. The molecule has 17 heavy (non-hydrogen) atoms. The summed E-state index contributed by atoms with van der Waals surface area (Å²) >= 11 is 1.66. The van der Waals surface area contributed by atoms with Crippen molar-refractivity contribution in [2.45, 2.75) is 19.9 Å². The largest absolute Gasteiger partial charge is 0.480 e. The van der Waals surface area contributed by atoms with Gasteiger partial charge in [0.05, 0.1) is 30.0 Å². The van der Waals surface area contributed by atoms with Crippen LogP contribution in [-0.4, -0.2) is 17.1 Å². The second-order valence-corrected chi connectivity index (χ2v) is 4.61. The minimum atomic E-state index is 0.195. The maximum atomic E-state index is 5.21. The zero-order chi connectivity index (χ0) is 12.3. The van der Waals surface area contributed by atoms with Crippen molar-refractivity contribution >= 4 is 17.0 Å². The average molecular weight is 249 g/mol. The summed E-state index contributed by atoms with van der Waals surface area (Å²) in [5.41, 5.74) is 3.83. The van der Waals surface area contributed by atoms with Gasteiger partial charge in [-0.1, -0.05) is 0 Å². The Morgan fingerprint density at radius 2 is 2.24 bits per heavy atom. The summed E-state index contributed by atoms with van der Waals surface area (Å²) < 4.78 is 5.21. The smallest absolute Gasteiger partial charge is 0.237 e. The second kappa shape index (κ2) is 5.14. The minimum absolute atomic E-state index is 0.195. The van der Waals surface area contributed by atoms with Gasteiger partial charge < -0.3 is 10.1 Å². The molecule has 5 heteroatoms. The van der Waals surface area contributed by atoms with Crippen molar-refractivity contribution in [3.63, 3.8) is 0 Å². The van der Waals surface area contributed by atoms with E-state index in [-0.39, 0.29) is 6.04 Å². The Morgan fingerprint density at radius 3 is 2.88 bits per heavy atom. The Morgan fingerprint density at radius 1 is 1.41 bits per heavy atom. The molecule has 0 spiro atoms. The molecule has 1 unspecified atom stereocenters. The molecule has 0 radical (unpaired) electrons. The molecule has 90 valence electrons. The first-order valence-corrected chi connectivity index (χ1v) is 6.26. The van der Waals surface area contributed by atoms with Crippen LogP contribution in [0.1, 0.15) is 23.5 Å². The van der Waals surface area contributed by atoms with E-state index in [2.05, 4.69) is 22.2 Å². The molecule has 0 saturated heterocycles. The number of anilines is 1. The van der Waals surface area contributed by atoms with Gasteiger partial charge in [0.1, 0.15) is 0 Å². The molecule has 0 aromatic carbocycles. The van der Waals surface area contributed by atoms with E-state index in [4.69, 9.17) is 4.74 Å². The van der Waals surface area contributed by atoms with Gasteiger partial charge in [0.25, 0.3) is 0 Å². The summed E-state index contributed by atoms with van der Waals surface area (Å²) in [5, 5.41) is 3.39. The van der Waals surface area contributed by atoms with Gasteiger partial charge in [-0.2, -0.15) is 0 Å². The standard InChI is InChI=1S/C12H15N3OS/c1-8-11(17-7-14-8)9(2)15-10-5-4-6-13-12(10)16-3/h4-7,9,15H,1-3H3. The van der Waals surface area contributed by atoms with E-state index in [1.165, 1.54) is 4.88 Å². The van der Waals surface area contributed by atoms with Gasteiger partial charge >= 0.3 is 0 Å². The van der Waals surface area contributed by atoms with Gasteiger partial charge in [0.15, 0.2) is 0 Å². The van der Waals surface area contributed by atoms with Crippen molar-refractivity contribution in [2.75, 3.05) is 12.4 Å². The molecule has 0 aliphatic heterocycles. The van der Waals surface area contributed by atoms with Crippen LogP contribution in [0.3, 0.4) is 0 Å². The summed E-state index contributed by atoms with van der Waals surface area (Å²) in [6, 6.07) is 4.04. The normalized spacial score (nSPS) is 12.2. The van der Waals surface area contributed by atoms with E-state index in [0.29, 0.717) is 5.88 Å². The van der Waals surface area contributed by atoms with Crippen molar-refractivity contribution in [2.24, 2.45) is 0 Å². The Bertz CT molecular complexity index is 498. The highest BCUT2D eigenvalue weighted by Gasteiger charge is 2.13. The maximum Gasteiger partial charge on any atom is 0.237 e. The van der Waals surface area contributed by atoms with Crippen LogP contribution in [0.2, 0.25) is 0 Å². The van der Waals surface area contributed by atoms with E-state index in [1.807, 2.05) is 24.6 Å². The fraction of sp³-hybridized carbons (Fsp3) is 0.333. The van der Waals surface area contributed by atoms with Crippen LogP contribution in [-0.2, 0) is 0 Å². The number of methoxy groups -OCH3 is 1.